The van der Waals surface area contributed by atoms with Gasteiger partial charge in [0.15, 0.2) is 5.96 Å². The van der Waals surface area contributed by atoms with Crippen molar-refractivity contribution in [3.8, 4) is 0 Å². The average molecular weight is 324 g/mol. The molecule has 2 N–H and O–H groups in total. The van der Waals surface area contributed by atoms with Crippen molar-refractivity contribution in [2.75, 3.05) is 12.3 Å². The van der Waals surface area contributed by atoms with Crippen LogP contribution >= 0.6 is 11.8 Å². The lowest BCUT2D eigenvalue weighted by Gasteiger charge is -2.30. The normalized spacial score (nSPS) is 22.6. The first kappa shape index (κ1) is 17.1. The molecule has 0 spiro atoms. The van der Waals surface area contributed by atoms with Crippen LogP contribution in [0.4, 0.5) is 0 Å². The molecule has 2 unspecified atom stereocenters. The smallest absolute Gasteiger partial charge is 0.191 e. The fraction of sp³-hybridized carbons (Fsp3) is 0.800. The van der Waals surface area contributed by atoms with Crippen molar-refractivity contribution in [1.29, 1.82) is 0 Å². The van der Waals surface area contributed by atoms with Gasteiger partial charge in [-0.3, -0.25) is 4.68 Å². The molecule has 22 heavy (non-hydrogen) atoms. The van der Waals surface area contributed by atoms with Crippen LogP contribution in [0.15, 0.2) is 11.3 Å². The Morgan fingerprint density at radius 1 is 1.45 bits per heavy atom. The van der Waals surface area contributed by atoms with Crippen molar-refractivity contribution in [1.82, 2.24) is 25.4 Å². The van der Waals surface area contributed by atoms with E-state index in [9.17, 15) is 0 Å². The molecule has 0 aliphatic heterocycles. The van der Waals surface area contributed by atoms with Gasteiger partial charge in [-0.2, -0.15) is 16.9 Å². The number of nitrogens with one attached hydrogen (secondary N) is 2. The van der Waals surface area contributed by atoms with Crippen LogP contribution in [0, 0.1) is 0 Å². The van der Waals surface area contributed by atoms with E-state index in [1.807, 2.05) is 7.05 Å². The van der Waals surface area contributed by atoms with E-state index in [4.69, 9.17) is 0 Å². The molecule has 124 valence electrons. The molecular formula is C15H28N6S. The summed E-state index contributed by atoms with van der Waals surface area (Å²) >= 11 is 2.09. The van der Waals surface area contributed by atoms with Crippen molar-refractivity contribution in [3.05, 3.63) is 12.2 Å². The third-order valence-corrected chi connectivity index (χ3v) is 5.13. The van der Waals surface area contributed by atoms with Crippen molar-refractivity contribution >= 4 is 17.7 Å². The molecule has 1 fully saturated rings. The standard InChI is InChI=1S/C15H28N6S/c1-4-16-15(17-10-14-18-11-19-21(14)3)20-12-7-6-8-13(9-12)22-5-2/h11-13H,4-10H2,1-3H3,(H2,16,17,20). The van der Waals surface area contributed by atoms with Gasteiger partial charge in [-0.05, 0) is 31.9 Å². The van der Waals surface area contributed by atoms with E-state index in [0.717, 1.165) is 23.6 Å². The summed E-state index contributed by atoms with van der Waals surface area (Å²) in [6.45, 7) is 5.75. The number of guanidine groups is 1. The van der Waals surface area contributed by atoms with E-state index in [2.05, 4.69) is 51.3 Å². The van der Waals surface area contributed by atoms with Crippen LogP contribution in [-0.2, 0) is 13.6 Å². The molecule has 1 aromatic heterocycles. The molecule has 0 bridgehead atoms. The summed E-state index contributed by atoms with van der Waals surface area (Å²) in [4.78, 5) is 8.86. The minimum absolute atomic E-state index is 0.523. The summed E-state index contributed by atoms with van der Waals surface area (Å²) in [7, 11) is 1.89. The number of aryl methyl sites for hydroxylation is 1. The summed E-state index contributed by atoms with van der Waals surface area (Å²) in [5.41, 5.74) is 0. The van der Waals surface area contributed by atoms with Gasteiger partial charge in [0.25, 0.3) is 0 Å². The molecule has 0 amide bonds. The molecule has 1 heterocycles. The number of hydrogen-bond donors (Lipinski definition) is 2. The molecule has 1 aliphatic rings. The zero-order chi connectivity index (χ0) is 15.8. The first-order valence-electron chi connectivity index (χ1n) is 8.22. The maximum atomic E-state index is 4.65. The van der Waals surface area contributed by atoms with E-state index in [-0.39, 0.29) is 0 Å². The first-order valence-corrected chi connectivity index (χ1v) is 9.27. The number of hydrogen-bond acceptors (Lipinski definition) is 4. The second kappa shape index (κ2) is 9.02. The van der Waals surface area contributed by atoms with Crippen LogP contribution < -0.4 is 10.6 Å². The third kappa shape index (κ3) is 5.19. The highest BCUT2D eigenvalue weighted by Gasteiger charge is 2.22. The average Bonchev–Trinajstić information content (AvgIpc) is 2.91. The SMILES string of the molecule is CCNC(=NCc1ncnn1C)NC1CCCC(SCC)C1. The van der Waals surface area contributed by atoms with Gasteiger partial charge in [0.1, 0.15) is 18.7 Å². The van der Waals surface area contributed by atoms with Gasteiger partial charge in [0.2, 0.25) is 0 Å². The van der Waals surface area contributed by atoms with Crippen LogP contribution in [0.2, 0.25) is 0 Å². The van der Waals surface area contributed by atoms with E-state index < -0.39 is 0 Å². The van der Waals surface area contributed by atoms with Crippen molar-refractivity contribution in [2.24, 2.45) is 12.0 Å². The van der Waals surface area contributed by atoms with Gasteiger partial charge in [-0.15, -0.1) is 0 Å². The van der Waals surface area contributed by atoms with Gasteiger partial charge < -0.3 is 10.6 Å². The Hall–Kier alpha value is -1.24. The summed E-state index contributed by atoms with van der Waals surface area (Å²) in [5.74, 6) is 2.97. The predicted octanol–water partition coefficient (Wildman–Crippen LogP) is 1.93. The van der Waals surface area contributed by atoms with Crippen molar-refractivity contribution in [3.63, 3.8) is 0 Å². The molecule has 1 saturated carbocycles. The molecule has 2 atom stereocenters. The molecular weight excluding hydrogens is 296 g/mol. The van der Waals surface area contributed by atoms with Crippen molar-refractivity contribution in [2.45, 2.75) is 57.4 Å². The lowest BCUT2D eigenvalue weighted by Crippen LogP contribution is -2.45. The zero-order valence-electron chi connectivity index (χ0n) is 13.9. The van der Waals surface area contributed by atoms with Gasteiger partial charge in [0, 0.05) is 24.9 Å². The van der Waals surface area contributed by atoms with Gasteiger partial charge >= 0.3 is 0 Å². The zero-order valence-corrected chi connectivity index (χ0v) is 14.7. The number of aromatic nitrogens is 3. The lowest BCUT2D eigenvalue weighted by molar-refractivity contribution is 0.418. The minimum atomic E-state index is 0.523. The Kier molecular flexibility index (Phi) is 7.02. The van der Waals surface area contributed by atoms with E-state index in [1.54, 1.807) is 11.0 Å². The Labute approximate surface area is 137 Å². The first-order chi connectivity index (χ1) is 10.7. The van der Waals surface area contributed by atoms with Crippen molar-refractivity contribution < 1.29 is 0 Å². The summed E-state index contributed by atoms with van der Waals surface area (Å²) in [5, 5.41) is 11.8. The second-order valence-corrected chi connectivity index (χ2v) is 7.16. The molecule has 1 aliphatic carbocycles. The minimum Gasteiger partial charge on any atom is -0.357 e. The van der Waals surface area contributed by atoms with Gasteiger partial charge in [0.05, 0.1) is 0 Å². The van der Waals surface area contributed by atoms with E-state index in [1.165, 1.54) is 31.4 Å². The Balaban J connectivity index is 1.91. The monoisotopic (exact) mass is 324 g/mol. The molecule has 2 rings (SSSR count). The molecule has 7 heteroatoms. The number of aliphatic imine (C=N–C) groups is 1. The topological polar surface area (TPSA) is 67.1 Å². The van der Waals surface area contributed by atoms with E-state index in [0.29, 0.717) is 12.6 Å². The fourth-order valence-corrected chi connectivity index (χ4v) is 3.96. The molecule has 1 aromatic rings. The highest BCUT2D eigenvalue weighted by molar-refractivity contribution is 7.99. The summed E-state index contributed by atoms with van der Waals surface area (Å²) < 4.78 is 1.77. The third-order valence-electron chi connectivity index (χ3n) is 3.90. The lowest BCUT2D eigenvalue weighted by atomic mass is 9.95. The van der Waals surface area contributed by atoms with Crippen LogP contribution in [-0.4, -0.2) is 44.3 Å². The Morgan fingerprint density at radius 3 is 3.00 bits per heavy atom. The summed E-state index contributed by atoms with van der Waals surface area (Å²) in [6, 6.07) is 0.523. The molecule has 0 saturated heterocycles. The van der Waals surface area contributed by atoms with Crippen LogP contribution in [0.1, 0.15) is 45.4 Å². The van der Waals surface area contributed by atoms with Crippen LogP contribution in [0.3, 0.4) is 0 Å². The molecule has 0 aromatic carbocycles. The number of thioether (sulfide) groups is 1. The van der Waals surface area contributed by atoms with Gasteiger partial charge in [-0.25, -0.2) is 9.98 Å². The van der Waals surface area contributed by atoms with Crippen LogP contribution in [0.5, 0.6) is 0 Å². The van der Waals surface area contributed by atoms with E-state index >= 15 is 0 Å². The fourth-order valence-electron chi connectivity index (χ4n) is 2.79. The quantitative estimate of drug-likeness (QED) is 0.618. The Bertz CT molecular complexity index is 470. The number of rotatable bonds is 6. The molecule has 0 radical (unpaired) electrons. The summed E-state index contributed by atoms with van der Waals surface area (Å²) in [6.07, 6.45) is 6.68. The Morgan fingerprint density at radius 2 is 2.32 bits per heavy atom. The maximum absolute atomic E-state index is 4.65. The second-order valence-electron chi connectivity index (χ2n) is 5.58. The molecule has 6 nitrogen and oxygen atoms in total. The van der Waals surface area contributed by atoms with Gasteiger partial charge in [-0.1, -0.05) is 13.3 Å². The maximum Gasteiger partial charge on any atom is 0.191 e. The van der Waals surface area contributed by atoms with Crippen LogP contribution in [0.25, 0.3) is 0 Å². The largest absolute Gasteiger partial charge is 0.357 e. The predicted molar refractivity (Wildman–Crippen MR) is 93.1 cm³/mol. The highest BCUT2D eigenvalue weighted by Crippen LogP contribution is 2.28. The number of nitrogens with zero attached hydrogens (tertiary/aromatic N) is 4. The highest BCUT2D eigenvalue weighted by atomic mass is 32.2.